The van der Waals surface area contributed by atoms with Gasteiger partial charge in [0.25, 0.3) is 0 Å². The van der Waals surface area contributed by atoms with E-state index in [-0.39, 0.29) is 17.1 Å². The normalized spacial score (nSPS) is 10.9. The van der Waals surface area contributed by atoms with E-state index < -0.39 is 16.5 Å². The first kappa shape index (κ1) is 13.9. The van der Waals surface area contributed by atoms with Gasteiger partial charge in [-0.15, -0.1) is 0 Å². The fraction of sp³-hybridized carbons (Fsp3) is 0.455. The lowest BCUT2D eigenvalue weighted by atomic mass is 10.2. The van der Waals surface area contributed by atoms with E-state index in [1.54, 1.807) is 20.8 Å². The van der Waals surface area contributed by atoms with Gasteiger partial charge in [0.1, 0.15) is 5.60 Å². The van der Waals surface area contributed by atoms with Crippen LogP contribution in [0.3, 0.4) is 0 Å². The van der Waals surface area contributed by atoms with Crippen LogP contribution in [0.4, 0.5) is 11.5 Å². The first-order valence-corrected chi connectivity index (χ1v) is 5.30. The number of pyridine rings is 1. The van der Waals surface area contributed by atoms with Crippen molar-refractivity contribution >= 4 is 17.5 Å². The Balaban J connectivity index is 3.09. The number of nitro groups is 1. The summed E-state index contributed by atoms with van der Waals surface area (Å²) in [6, 6.07) is 1.15. The molecular formula is C11H15N3O4. The van der Waals surface area contributed by atoms with E-state index in [9.17, 15) is 14.9 Å². The molecular weight excluding hydrogens is 238 g/mol. The molecule has 1 heterocycles. The quantitative estimate of drug-likeness (QED) is 0.503. The molecule has 0 saturated heterocycles. The van der Waals surface area contributed by atoms with E-state index in [0.29, 0.717) is 0 Å². The topological polar surface area (TPSA) is 94.4 Å². The van der Waals surface area contributed by atoms with E-state index in [0.717, 1.165) is 6.07 Å². The smallest absolute Gasteiger partial charge is 0.340 e. The van der Waals surface area contributed by atoms with Crippen molar-refractivity contribution in [2.45, 2.75) is 26.4 Å². The summed E-state index contributed by atoms with van der Waals surface area (Å²) in [5.41, 5.74) is -0.871. The maximum atomic E-state index is 11.7. The lowest BCUT2D eigenvalue weighted by molar-refractivity contribution is -0.384. The summed E-state index contributed by atoms with van der Waals surface area (Å²) in [6.45, 7) is 5.15. The van der Waals surface area contributed by atoms with E-state index >= 15 is 0 Å². The molecule has 1 rings (SSSR count). The highest BCUT2D eigenvalue weighted by Gasteiger charge is 2.22. The summed E-state index contributed by atoms with van der Waals surface area (Å²) in [5.74, 6) is -0.534. The van der Waals surface area contributed by atoms with Crippen LogP contribution in [0.15, 0.2) is 12.3 Å². The second kappa shape index (κ2) is 4.99. The van der Waals surface area contributed by atoms with Crippen molar-refractivity contribution in [2.75, 3.05) is 12.4 Å². The lowest BCUT2D eigenvalue weighted by Crippen LogP contribution is -2.24. The first-order chi connectivity index (χ1) is 8.24. The van der Waals surface area contributed by atoms with Gasteiger partial charge in [-0.1, -0.05) is 0 Å². The maximum absolute atomic E-state index is 11.7. The summed E-state index contributed by atoms with van der Waals surface area (Å²) < 4.78 is 5.11. The Bertz CT molecular complexity index is 480. The van der Waals surface area contributed by atoms with Crippen molar-refractivity contribution in [2.24, 2.45) is 0 Å². The molecule has 0 saturated carbocycles. The number of carbonyl (C=O) groups is 1. The predicted molar refractivity (Wildman–Crippen MR) is 65.6 cm³/mol. The molecule has 0 aliphatic rings. The molecule has 98 valence electrons. The first-order valence-electron chi connectivity index (χ1n) is 5.30. The minimum atomic E-state index is -0.659. The Hall–Kier alpha value is -2.18. The summed E-state index contributed by atoms with van der Waals surface area (Å²) in [7, 11) is 1.52. The Morgan fingerprint density at radius 3 is 2.56 bits per heavy atom. The standard InChI is InChI=1S/C11H15N3O4/c1-11(2,3)18-10(15)7-5-8(14(16)17)9(12-4)13-6-7/h5-6H,1-4H3,(H,12,13). The molecule has 7 nitrogen and oxygen atoms in total. The molecule has 0 spiro atoms. The number of anilines is 1. The van der Waals surface area contributed by atoms with Gasteiger partial charge in [-0.2, -0.15) is 0 Å². The second-order valence-electron chi connectivity index (χ2n) is 4.60. The summed E-state index contributed by atoms with van der Waals surface area (Å²) >= 11 is 0. The molecule has 0 aliphatic carbocycles. The average Bonchev–Trinajstić information content (AvgIpc) is 2.25. The van der Waals surface area contributed by atoms with Crippen LogP contribution in [0.2, 0.25) is 0 Å². The number of aromatic nitrogens is 1. The van der Waals surface area contributed by atoms with Crippen LogP contribution in [0.5, 0.6) is 0 Å². The third-order valence-electron chi connectivity index (χ3n) is 1.94. The SMILES string of the molecule is CNc1ncc(C(=O)OC(C)(C)C)cc1[N+](=O)[O-]. The highest BCUT2D eigenvalue weighted by molar-refractivity contribution is 5.90. The number of ether oxygens (including phenoxy) is 1. The Kier molecular flexibility index (Phi) is 3.85. The number of nitrogens with zero attached hydrogens (tertiary/aromatic N) is 2. The molecule has 1 aromatic rings. The molecule has 0 radical (unpaired) electrons. The van der Waals surface area contributed by atoms with Crippen molar-refractivity contribution in [3.05, 3.63) is 27.9 Å². The zero-order valence-electron chi connectivity index (χ0n) is 10.7. The molecule has 0 amide bonds. The maximum Gasteiger partial charge on any atom is 0.340 e. The molecule has 1 aromatic heterocycles. The number of hydrogen-bond donors (Lipinski definition) is 1. The lowest BCUT2D eigenvalue weighted by Gasteiger charge is -2.19. The molecule has 0 aromatic carbocycles. The number of hydrogen-bond acceptors (Lipinski definition) is 6. The predicted octanol–water partition coefficient (Wildman–Crippen LogP) is 1.99. The van der Waals surface area contributed by atoms with Crippen LogP contribution in [0.25, 0.3) is 0 Å². The van der Waals surface area contributed by atoms with Crippen LogP contribution in [-0.4, -0.2) is 28.5 Å². The van der Waals surface area contributed by atoms with Crippen molar-refractivity contribution in [3.8, 4) is 0 Å². The van der Waals surface area contributed by atoms with Crippen LogP contribution in [0.1, 0.15) is 31.1 Å². The highest BCUT2D eigenvalue weighted by atomic mass is 16.6. The third-order valence-corrected chi connectivity index (χ3v) is 1.94. The Labute approximate surface area is 104 Å². The van der Waals surface area contributed by atoms with Gasteiger partial charge < -0.3 is 10.1 Å². The van der Waals surface area contributed by atoms with Crippen LogP contribution < -0.4 is 5.32 Å². The number of nitrogens with one attached hydrogen (secondary N) is 1. The van der Waals surface area contributed by atoms with Crippen molar-refractivity contribution < 1.29 is 14.5 Å². The van der Waals surface area contributed by atoms with Gasteiger partial charge in [0.05, 0.1) is 10.5 Å². The zero-order valence-corrected chi connectivity index (χ0v) is 10.7. The molecule has 0 atom stereocenters. The summed E-state index contributed by atoms with van der Waals surface area (Å²) in [6.07, 6.45) is 1.24. The Morgan fingerprint density at radius 2 is 2.11 bits per heavy atom. The molecule has 0 aliphatic heterocycles. The zero-order chi connectivity index (χ0) is 13.9. The van der Waals surface area contributed by atoms with Crippen molar-refractivity contribution in [1.82, 2.24) is 4.98 Å². The average molecular weight is 253 g/mol. The van der Waals surface area contributed by atoms with Gasteiger partial charge in [-0.3, -0.25) is 10.1 Å². The second-order valence-corrected chi connectivity index (χ2v) is 4.60. The van der Waals surface area contributed by atoms with Gasteiger partial charge in [-0.05, 0) is 20.8 Å². The van der Waals surface area contributed by atoms with E-state index in [1.807, 2.05) is 0 Å². The van der Waals surface area contributed by atoms with Gasteiger partial charge in [0, 0.05) is 19.3 Å². The van der Waals surface area contributed by atoms with Gasteiger partial charge in [0.15, 0.2) is 0 Å². The van der Waals surface area contributed by atoms with E-state index in [4.69, 9.17) is 4.74 Å². The minimum absolute atomic E-state index is 0.0515. The number of carbonyl (C=O) groups excluding carboxylic acids is 1. The number of esters is 1. The fourth-order valence-electron chi connectivity index (χ4n) is 1.23. The number of rotatable bonds is 3. The molecule has 0 unspecified atom stereocenters. The molecule has 0 fully saturated rings. The van der Waals surface area contributed by atoms with Crippen molar-refractivity contribution in [3.63, 3.8) is 0 Å². The fourth-order valence-corrected chi connectivity index (χ4v) is 1.23. The third kappa shape index (κ3) is 3.41. The minimum Gasteiger partial charge on any atom is -0.456 e. The van der Waals surface area contributed by atoms with Gasteiger partial charge in [-0.25, -0.2) is 9.78 Å². The van der Waals surface area contributed by atoms with Gasteiger partial charge in [0.2, 0.25) is 5.82 Å². The summed E-state index contributed by atoms with van der Waals surface area (Å²) in [5, 5.41) is 13.4. The van der Waals surface area contributed by atoms with Gasteiger partial charge >= 0.3 is 11.7 Å². The van der Waals surface area contributed by atoms with Crippen LogP contribution in [0, 0.1) is 10.1 Å². The van der Waals surface area contributed by atoms with Crippen LogP contribution in [-0.2, 0) is 4.74 Å². The largest absolute Gasteiger partial charge is 0.456 e. The molecule has 0 bridgehead atoms. The highest BCUT2D eigenvalue weighted by Crippen LogP contribution is 2.23. The molecule has 7 heteroatoms. The van der Waals surface area contributed by atoms with Crippen molar-refractivity contribution in [1.29, 1.82) is 0 Å². The molecule has 1 N–H and O–H groups in total. The molecule has 18 heavy (non-hydrogen) atoms. The Morgan fingerprint density at radius 1 is 1.50 bits per heavy atom. The van der Waals surface area contributed by atoms with E-state index in [2.05, 4.69) is 10.3 Å². The van der Waals surface area contributed by atoms with E-state index in [1.165, 1.54) is 13.2 Å². The summed E-state index contributed by atoms with van der Waals surface area (Å²) in [4.78, 5) is 25.8. The monoisotopic (exact) mass is 253 g/mol. The van der Waals surface area contributed by atoms with Crippen LogP contribution >= 0.6 is 0 Å².